The molecule has 0 bridgehead atoms. The van der Waals surface area contributed by atoms with Gasteiger partial charge in [0.15, 0.2) is 6.10 Å². The third kappa shape index (κ3) is 6.40. The summed E-state index contributed by atoms with van der Waals surface area (Å²) in [5.41, 5.74) is 7.32. The molecule has 0 unspecified atom stereocenters. The van der Waals surface area contributed by atoms with Crippen LogP contribution in [0.1, 0.15) is 81.6 Å². The number of piperidine rings is 1. The molecule has 0 radical (unpaired) electrons. The van der Waals surface area contributed by atoms with Gasteiger partial charge in [0, 0.05) is 48.7 Å². The van der Waals surface area contributed by atoms with Crippen molar-refractivity contribution in [2.24, 2.45) is 5.41 Å². The zero-order valence-corrected chi connectivity index (χ0v) is 26.5. The van der Waals surface area contributed by atoms with E-state index in [1.807, 2.05) is 34.6 Å². The number of aromatic nitrogens is 3. The monoisotopic (exact) mass is 591 g/mol. The normalized spacial score (nSPS) is 17.6. The van der Waals surface area contributed by atoms with Gasteiger partial charge in [0.1, 0.15) is 0 Å². The molecule has 1 atom stereocenters. The molecule has 2 aromatic heterocycles. The second-order valence-electron chi connectivity index (χ2n) is 13.4. The number of rotatable bonds is 6. The fourth-order valence-corrected chi connectivity index (χ4v) is 6.20. The molecular weight excluding hydrogens is 550 g/mol. The van der Waals surface area contributed by atoms with E-state index in [1.165, 1.54) is 11.1 Å². The highest BCUT2D eigenvalue weighted by atomic mass is 35.5. The molecule has 224 valence electrons. The summed E-state index contributed by atoms with van der Waals surface area (Å²) in [6.07, 6.45) is 5.02. The van der Waals surface area contributed by atoms with E-state index in [9.17, 15) is 9.90 Å². The van der Waals surface area contributed by atoms with Crippen molar-refractivity contribution in [2.45, 2.75) is 86.0 Å². The van der Waals surface area contributed by atoms with Crippen LogP contribution in [-0.2, 0) is 22.5 Å². The average Bonchev–Trinajstić information content (AvgIpc) is 2.91. The van der Waals surface area contributed by atoms with Crippen LogP contribution in [0.25, 0.3) is 11.1 Å². The van der Waals surface area contributed by atoms with Gasteiger partial charge in [-0.2, -0.15) is 0 Å². The first-order valence-electron chi connectivity index (χ1n) is 14.7. The Balaban J connectivity index is 1.61. The summed E-state index contributed by atoms with van der Waals surface area (Å²) in [5, 5.41) is 11.0. The van der Waals surface area contributed by atoms with E-state index in [4.69, 9.17) is 21.3 Å². The topological polar surface area (TPSA) is 91.7 Å². The highest BCUT2D eigenvalue weighted by Gasteiger charge is 2.36. The molecule has 3 aromatic rings. The van der Waals surface area contributed by atoms with E-state index in [0.717, 1.165) is 61.4 Å². The van der Waals surface area contributed by atoms with E-state index in [0.29, 0.717) is 28.8 Å². The average molecular weight is 592 g/mol. The van der Waals surface area contributed by atoms with Gasteiger partial charge in [0.25, 0.3) is 0 Å². The molecule has 1 N–H and O–H groups in total. The van der Waals surface area contributed by atoms with Crippen molar-refractivity contribution < 1.29 is 14.6 Å². The number of aliphatic carboxylic acids is 1. The first-order chi connectivity index (χ1) is 19.7. The highest BCUT2D eigenvalue weighted by Crippen LogP contribution is 2.45. The van der Waals surface area contributed by atoms with Crippen molar-refractivity contribution in [1.82, 2.24) is 15.0 Å². The molecule has 2 aliphatic heterocycles. The molecule has 5 rings (SSSR count). The molecule has 0 aliphatic carbocycles. The lowest BCUT2D eigenvalue weighted by molar-refractivity contribution is -0.160. The highest BCUT2D eigenvalue weighted by molar-refractivity contribution is 6.30. The van der Waals surface area contributed by atoms with E-state index in [2.05, 4.69) is 51.8 Å². The molecule has 0 spiro atoms. The molecule has 1 fully saturated rings. The molecule has 9 heteroatoms. The van der Waals surface area contributed by atoms with E-state index in [-0.39, 0.29) is 5.41 Å². The first-order valence-corrected chi connectivity index (χ1v) is 15.1. The van der Waals surface area contributed by atoms with Gasteiger partial charge >= 0.3 is 5.97 Å². The number of pyridine rings is 1. The summed E-state index contributed by atoms with van der Waals surface area (Å²) in [7, 11) is 0. The molecular formula is C33H42ClN5O3. The maximum absolute atomic E-state index is 12.8. The minimum absolute atomic E-state index is 0.244. The van der Waals surface area contributed by atoms with Crippen LogP contribution in [-0.4, -0.2) is 51.3 Å². The Bertz CT molecular complexity index is 1470. The Morgan fingerprint density at radius 2 is 1.69 bits per heavy atom. The number of hydrogen-bond acceptors (Lipinski definition) is 7. The van der Waals surface area contributed by atoms with Crippen LogP contribution in [0.3, 0.4) is 0 Å². The van der Waals surface area contributed by atoms with Gasteiger partial charge in [-0.1, -0.05) is 43.6 Å². The number of carboxylic acid groups (broad SMARTS) is 1. The SMILES string of the molecule is Cc1nc(C)c([C@H](OC(C)(C)C)C(=O)O)c(N2CCC(C)(C)CC2)c1-c1ccc2c(c1)CCN(c1ncc(Cl)cn1)C2. The number of anilines is 2. The minimum Gasteiger partial charge on any atom is -0.479 e. The molecule has 1 aromatic carbocycles. The molecule has 0 saturated carbocycles. The lowest BCUT2D eigenvalue weighted by Gasteiger charge is -2.41. The summed E-state index contributed by atoms with van der Waals surface area (Å²) in [6.45, 7) is 17.4. The van der Waals surface area contributed by atoms with Gasteiger partial charge in [-0.25, -0.2) is 14.8 Å². The fraction of sp³-hybridized carbons (Fsp3) is 0.515. The van der Waals surface area contributed by atoms with Crippen molar-refractivity contribution in [2.75, 3.05) is 29.4 Å². The Labute approximate surface area is 254 Å². The van der Waals surface area contributed by atoms with E-state index in [1.54, 1.807) is 12.4 Å². The number of fused-ring (bicyclic) bond motifs is 1. The number of ether oxygens (including phenoxy) is 1. The van der Waals surface area contributed by atoms with Gasteiger partial charge in [-0.3, -0.25) is 4.98 Å². The molecule has 8 nitrogen and oxygen atoms in total. The summed E-state index contributed by atoms with van der Waals surface area (Å²) in [5.74, 6) is -0.329. The predicted molar refractivity (Wildman–Crippen MR) is 167 cm³/mol. The molecule has 4 heterocycles. The zero-order valence-electron chi connectivity index (χ0n) is 25.8. The van der Waals surface area contributed by atoms with Crippen LogP contribution in [0, 0.1) is 19.3 Å². The van der Waals surface area contributed by atoms with Crippen LogP contribution in [0.2, 0.25) is 5.02 Å². The lowest BCUT2D eigenvalue weighted by atomic mass is 9.81. The van der Waals surface area contributed by atoms with Crippen molar-refractivity contribution in [3.8, 4) is 11.1 Å². The quantitative estimate of drug-likeness (QED) is 0.330. The molecule has 1 saturated heterocycles. The Morgan fingerprint density at radius 1 is 1.02 bits per heavy atom. The standard InChI is InChI=1S/C33H42ClN5O3/c1-20-26(23-8-9-24-19-39(13-10-22(24)16-23)31-35-17-25(34)18-36-31)28(38-14-11-33(6,7)12-15-38)27(21(2)37-20)29(30(40)41)42-32(3,4)5/h8-9,16-18,29H,10-15,19H2,1-7H3,(H,40,41)/t29-/m0/s1. The maximum Gasteiger partial charge on any atom is 0.337 e. The van der Waals surface area contributed by atoms with Crippen molar-refractivity contribution in [3.05, 3.63) is 63.7 Å². The lowest BCUT2D eigenvalue weighted by Crippen LogP contribution is -2.39. The fourth-order valence-electron chi connectivity index (χ4n) is 6.10. The summed E-state index contributed by atoms with van der Waals surface area (Å²) >= 11 is 6.00. The van der Waals surface area contributed by atoms with Crippen LogP contribution in [0.5, 0.6) is 0 Å². The van der Waals surface area contributed by atoms with Gasteiger partial charge in [0.05, 0.1) is 28.7 Å². The van der Waals surface area contributed by atoms with Crippen LogP contribution < -0.4 is 9.80 Å². The largest absolute Gasteiger partial charge is 0.479 e. The smallest absolute Gasteiger partial charge is 0.337 e. The van der Waals surface area contributed by atoms with Crippen LogP contribution in [0.15, 0.2) is 30.6 Å². The number of benzene rings is 1. The maximum atomic E-state index is 12.8. The summed E-state index contributed by atoms with van der Waals surface area (Å²) in [6, 6.07) is 6.58. The predicted octanol–water partition coefficient (Wildman–Crippen LogP) is 6.94. The van der Waals surface area contributed by atoms with E-state index >= 15 is 0 Å². The molecule has 42 heavy (non-hydrogen) atoms. The number of carbonyl (C=O) groups is 1. The molecule has 0 amide bonds. The van der Waals surface area contributed by atoms with Gasteiger partial charge in [-0.15, -0.1) is 0 Å². The van der Waals surface area contributed by atoms with E-state index < -0.39 is 17.7 Å². The third-order valence-electron chi connectivity index (χ3n) is 8.37. The first kappa shape index (κ1) is 30.2. The Morgan fingerprint density at radius 3 is 2.31 bits per heavy atom. The Hall–Kier alpha value is -3.23. The number of hydrogen-bond donors (Lipinski definition) is 1. The number of aryl methyl sites for hydroxylation is 2. The third-order valence-corrected chi connectivity index (χ3v) is 8.56. The number of halogens is 1. The number of nitrogens with zero attached hydrogens (tertiary/aromatic N) is 5. The van der Waals surface area contributed by atoms with Gasteiger partial charge < -0.3 is 19.6 Å². The van der Waals surface area contributed by atoms with Crippen LogP contribution >= 0.6 is 11.6 Å². The van der Waals surface area contributed by atoms with Crippen molar-refractivity contribution >= 4 is 29.2 Å². The van der Waals surface area contributed by atoms with Crippen molar-refractivity contribution in [3.63, 3.8) is 0 Å². The second kappa shape index (κ2) is 11.5. The van der Waals surface area contributed by atoms with Crippen molar-refractivity contribution in [1.29, 1.82) is 0 Å². The van der Waals surface area contributed by atoms with Crippen LogP contribution in [0.4, 0.5) is 11.6 Å². The Kier molecular flexibility index (Phi) is 8.25. The zero-order chi connectivity index (χ0) is 30.4. The minimum atomic E-state index is -1.13. The second-order valence-corrected chi connectivity index (χ2v) is 13.8. The summed E-state index contributed by atoms with van der Waals surface area (Å²) in [4.78, 5) is 31.1. The summed E-state index contributed by atoms with van der Waals surface area (Å²) < 4.78 is 6.23. The number of carboxylic acids is 1. The molecule has 2 aliphatic rings. The van der Waals surface area contributed by atoms with Gasteiger partial charge in [0.2, 0.25) is 5.95 Å². The van der Waals surface area contributed by atoms with Gasteiger partial charge in [-0.05, 0) is 76.0 Å².